The molecule has 0 fully saturated rings. The molecule has 1 atom stereocenters. The maximum Gasteiger partial charge on any atom is 0.326 e. The summed E-state index contributed by atoms with van der Waals surface area (Å²) in [5.74, 6) is -0.625. The predicted molar refractivity (Wildman–Crippen MR) is 172 cm³/mol. The average molecular weight is 611 g/mol. The zero-order valence-corrected chi connectivity index (χ0v) is 26.5. The van der Waals surface area contributed by atoms with Crippen LogP contribution in [-0.4, -0.2) is 60.1 Å². The van der Waals surface area contributed by atoms with Gasteiger partial charge in [-0.15, -0.1) is 0 Å². The van der Waals surface area contributed by atoms with Crippen LogP contribution in [0.15, 0.2) is 72.8 Å². The number of hydrogen-bond donors (Lipinski definition) is 2. The highest BCUT2D eigenvalue weighted by molar-refractivity contribution is 7.98. The van der Waals surface area contributed by atoms with Gasteiger partial charge in [0, 0.05) is 18.7 Å². The molecule has 0 radical (unpaired) electrons. The first-order valence-electron chi connectivity index (χ1n) is 14.2. The van der Waals surface area contributed by atoms with Crippen molar-refractivity contribution in [1.29, 1.82) is 0 Å². The van der Waals surface area contributed by atoms with Crippen molar-refractivity contribution in [3.63, 3.8) is 0 Å². The van der Waals surface area contributed by atoms with Gasteiger partial charge in [-0.05, 0) is 84.1 Å². The van der Waals surface area contributed by atoms with Crippen molar-refractivity contribution in [3.05, 3.63) is 95.1 Å². The van der Waals surface area contributed by atoms with Crippen molar-refractivity contribution < 1.29 is 23.1 Å². The zero-order chi connectivity index (χ0) is 30.7. The van der Waals surface area contributed by atoms with Crippen molar-refractivity contribution >= 4 is 33.7 Å². The van der Waals surface area contributed by atoms with Crippen LogP contribution in [-0.2, 0) is 27.8 Å². The van der Waals surface area contributed by atoms with Gasteiger partial charge in [0.25, 0.3) is 5.91 Å². The number of carboxylic acid groups (broad SMARTS) is 1. The Labute approximate surface area is 254 Å². The van der Waals surface area contributed by atoms with Gasteiger partial charge >= 0.3 is 5.97 Å². The summed E-state index contributed by atoms with van der Waals surface area (Å²) in [5.41, 5.74) is 4.58. The summed E-state index contributed by atoms with van der Waals surface area (Å²) in [7, 11) is -3.55. The zero-order valence-electron chi connectivity index (χ0n) is 24.9. The summed E-state index contributed by atoms with van der Waals surface area (Å²) < 4.78 is 28.6. The molecule has 0 saturated heterocycles. The largest absolute Gasteiger partial charge is 0.480 e. The smallest absolute Gasteiger partial charge is 0.326 e. The van der Waals surface area contributed by atoms with Gasteiger partial charge in [0.1, 0.15) is 6.04 Å². The molecule has 0 heterocycles. The number of aryl methyl sites for hydroxylation is 1. The molecule has 1 amide bonds. The molecule has 0 spiro atoms. The van der Waals surface area contributed by atoms with Crippen LogP contribution in [0, 0.1) is 12.8 Å². The minimum Gasteiger partial charge on any atom is -0.480 e. The Balaban J connectivity index is 1.99. The van der Waals surface area contributed by atoms with Crippen LogP contribution in [0.1, 0.15) is 53.7 Å². The van der Waals surface area contributed by atoms with Gasteiger partial charge in [0.05, 0.1) is 5.75 Å². The van der Waals surface area contributed by atoms with E-state index in [2.05, 4.69) is 5.32 Å². The van der Waals surface area contributed by atoms with E-state index in [1.807, 2.05) is 87.7 Å². The lowest BCUT2D eigenvalue weighted by atomic mass is 9.93. The second-order valence-electron chi connectivity index (χ2n) is 10.9. The molecule has 9 heteroatoms. The highest BCUT2D eigenvalue weighted by Crippen LogP contribution is 2.29. The van der Waals surface area contributed by atoms with Crippen molar-refractivity contribution in [2.75, 3.05) is 24.3 Å². The maximum atomic E-state index is 13.5. The van der Waals surface area contributed by atoms with Crippen LogP contribution in [0.3, 0.4) is 0 Å². The second kappa shape index (κ2) is 15.9. The molecule has 3 rings (SSSR count). The number of thioether (sulfide) groups is 1. The van der Waals surface area contributed by atoms with E-state index in [0.29, 0.717) is 42.7 Å². The number of nitrogens with one attached hydrogen (secondary N) is 1. The monoisotopic (exact) mass is 610 g/mol. The minimum atomic E-state index is -3.55. The highest BCUT2D eigenvalue weighted by Gasteiger charge is 2.25. The fourth-order valence-corrected chi connectivity index (χ4v) is 6.86. The molecule has 3 aromatic carbocycles. The van der Waals surface area contributed by atoms with Gasteiger partial charge in [0.15, 0.2) is 0 Å². The van der Waals surface area contributed by atoms with E-state index in [0.717, 1.165) is 22.3 Å². The Morgan fingerprint density at radius 2 is 1.62 bits per heavy atom. The molecule has 3 aromatic rings. The topological polar surface area (TPSA) is 104 Å². The number of carbonyl (C=O) groups excluding carboxylic acids is 1. The van der Waals surface area contributed by atoms with Gasteiger partial charge < -0.3 is 10.4 Å². The van der Waals surface area contributed by atoms with E-state index in [1.54, 1.807) is 16.4 Å². The fourth-order valence-electron chi connectivity index (χ4n) is 4.65. The lowest BCUT2D eigenvalue weighted by molar-refractivity contribution is -0.139. The molecule has 42 heavy (non-hydrogen) atoms. The van der Waals surface area contributed by atoms with Gasteiger partial charge in [-0.2, -0.15) is 16.1 Å². The quantitative estimate of drug-likeness (QED) is 0.206. The number of hydrogen-bond acceptors (Lipinski definition) is 5. The summed E-state index contributed by atoms with van der Waals surface area (Å²) in [6, 6.07) is 21.8. The Hall–Kier alpha value is -3.14. The number of aliphatic carboxylic acids is 1. The van der Waals surface area contributed by atoms with Crippen LogP contribution < -0.4 is 5.32 Å². The normalized spacial score (nSPS) is 12.4. The number of rotatable bonds is 16. The van der Waals surface area contributed by atoms with Crippen molar-refractivity contribution in [1.82, 2.24) is 9.62 Å². The number of sulfonamides is 1. The van der Waals surface area contributed by atoms with E-state index in [-0.39, 0.29) is 18.2 Å². The molecule has 2 N–H and O–H groups in total. The molecule has 0 bridgehead atoms. The maximum absolute atomic E-state index is 13.5. The summed E-state index contributed by atoms with van der Waals surface area (Å²) in [4.78, 5) is 25.3. The summed E-state index contributed by atoms with van der Waals surface area (Å²) in [6.45, 7) is 6.47. The Kier molecular flexibility index (Phi) is 12.6. The first-order chi connectivity index (χ1) is 20.0. The third-order valence-electron chi connectivity index (χ3n) is 7.18. The van der Waals surface area contributed by atoms with Crippen molar-refractivity contribution in [3.8, 4) is 11.1 Å². The van der Waals surface area contributed by atoms with E-state index in [9.17, 15) is 23.1 Å². The Morgan fingerprint density at radius 3 is 2.26 bits per heavy atom. The lowest BCUT2D eigenvalue weighted by Gasteiger charge is -2.24. The standard InChI is InChI=1S/C33H42N2O5S2/c1-24(2)18-21-42(39,40)35(19-16-26-11-6-5-7-12-26)23-27-14-15-29(30(22-27)28-13-9-8-10-25(28)3)32(36)34-31(33(37)38)17-20-41-4/h5-15,22,24,31H,16-21,23H2,1-4H3,(H,34,36)(H,37,38). The third kappa shape index (κ3) is 9.71. The van der Waals surface area contributed by atoms with E-state index < -0.39 is 27.9 Å². The highest BCUT2D eigenvalue weighted by atomic mass is 32.2. The third-order valence-corrected chi connectivity index (χ3v) is 9.67. The van der Waals surface area contributed by atoms with Crippen LogP contribution in [0.2, 0.25) is 0 Å². The SMILES string of the molecule is CSCCC(NC(=O)c1ccc(CN(CCc2ccccc2)S(=O)(=O)CCC(C)C)cc1-c1ccccc1C)C(=O)O. The van der Waals surface area contributed by atoms with Crippen LogP contribution in [0.25, 0.3) is 11.1 Å². The summed E-state index contributed by atoms with van der Waals surface area (Å²) >= 11 is 1.52. The van der Waals surface area contributed by atoms with Gasteiger partial charge in [-0.1, -0.05) is 74.5 Å². The number of amides is 1. The molecule has 0 aliphatic carbocycles. The number of carboxylic acids is 1. The van der Waals surface area contributed by atoms with E-state index >= 15 is 0 Å². The molecular weight excluding hydrogens is 569 g/mol. The molecule has 7 nitrogen and oxygen atoms in total. The van der Waals surface area contributed by atoms with Gasteiger partial charge in [0.2, 0.25) is 10.0 Å². The van der Waals surface area contributed by atoms with E-state index in [4.69, 9.17) is 0 Å². The average Bonchev–Trinajstić information content (AvgIpc) is 2.96. The summed E-state index contributed by atoms with van der Waals surface area (Å²) in [5, 5.41) is 12.4. The van der Waals surface area contributed by atoms with E-state index in [1.165, 1.54) is 11.8 Å². The Morgan fingerprint density at radius 1 is 0.929 bits per heavy atom. The first-order valence-corrected chi connectivity index (χ1v) is 17.3. The van der Waals surface area contributed by atoms with Crippen LogP contribution >= 0.6 is 11.8 Å². The molecule has 0 aromatic heterocycles. The fraction of sp³-hybridized carbons (Fsp3) is 0.394. The van der Waals surface area contributed by atoms with Crippen molar-refractivity contribution in [2.45, 2.75) is 52.6 Å². The second-order valence-corrected chi connectivity index (χ2v) is 14.0. The number of carbonyl (C=O) groups is 2. The van der Waals surface area contributed by atoms with Gasteiger partial charge in [-0.25, -0.2) is 13.2 Å². The number of benzene rings is 3. The predicted octanol–water partition coefficient (Wildman–Crippen LogP) is 6.02. The Bertz CT molecular complexity index is 1440. The van der Waals surface area contributed by atoms with Crippen molar-refractivity contribution in [2.24, 2.45) is 5.92 Å². The number of nitrogens with zero attached hydrogens (tertiary/aromatic N) is 1. The molecule has 226 valence electrons. The summed E-state index contributed by atoms with van der Waals surface area (Å²) in [6.07, 6.45) is 3.35. The molecular formula is C33H42N2O5S2. The molecule has 0 saturated carbocycles. The minimum absolute atomic E-state index is 0.0667. The van der Waals surface area contributed by atoms with Crippen LogP contribution in [0.5, 0.6) is 0 Å². The van der Waals surface area contributed by atoms with Crippen LogP contribution in [0.4, 0.5) is 0 Å². The molecule has 0 aliphatic rings. The lowest BCUT2D eigenvalue weighted by Crippen LogP contribution is -2.41. The van der Waals surface area contributed by atoms with Gasteiger partial charge in [-0.3, -0.25) is 4.79 Å². The molecule has 1 unspecified atom stereocenters. The molecule has 0 aliphatic heterocycles. The first kappa shape index (κ1) is 33.4.